The zero-order chi connectivity index (χ0) is 18.7. The van der Waals surface area contributed by atoms with Gasteiger partial charge in [0.05, 0.1) is 6.61 Å². The highest BCUT2D eigenvalue weighted by atomic mass is 33.1. The predicted molar refractivity (Wildman–Crippen MR) is 112 cm³/mol. The first-order chi connectivity index (χ1) is 12.4. The molecule has 1 aromatic carbocycles. The van der Waals surface area contributed by atoms with Gasteiger partial charge in [-0.15, -0.1) is 0 Å². The summed E-state index contributed by atoms with van der Waals surface area (Å²) in [7, 11) is 3.92. The number of fused-ring (bicyclic) bond motifs is 1. The molecule has 1 fully saturated rings. The van der Waals surface area contributed by atoms with Crippen molar-refractivity contribution < 1.29 is 14.6 Å². The molecule has 3 atom stereocenters. The van der Waals surface area contributed by atoms with Gasteiger partial charge in [-0.25, -0.2) is 0 Å². The summed E-state index contributed by atoms with van der Waals surface area (Å²) in [6.45, 7) is 10.9. The summed E-state index contributed by atoms with van der Waals surface area (Å²) in [5.41, 5.74) is 2.61. The molecule has 0 amide bonds. The largest absolute Gasteiger partial charge is 0.494 e. The lowest BCUT2D eigenvalue weighted by Gasteiger charge is -2.31. The molecule has 2 heterocycles. The molecule has 26 heavy (non-hydrogen) atoms. The standard InChI is InChI=1S/C20H31NO3S2/c1-5-23-17-9-14-6-7-16(24-18(14)8-13(17)2)15(22)10-21-11-19-20(3,4)12-25-26-19/h8-9,15-16,19,21-22H,5-7,10-12H2,1-4H3. The maximum absolute atomic E-state index is 10.6. The molecule has 0 saturated carbocycles. The minimum atomic E-state index is -0.489. The third kappa shape index (κ3) is 4.64. The van der Waals surface area contributed by atoms with E-state index in [2.05, 4.69) is 25.2 Å². The van der Waals surface area contributed by atoms with Gasteiger partial charge in [0, 0.05) is 24.1 Å². The minimum Gasteiger partial charge on any atom is -0.494 e. The Labute approximate surface area is 165 Å². The fraction of sp³-hybridized carbons (Fsp3) is 0.700. The van der Waals surface area contributed by atoms with Gasteiger partial charge in [0.15, 0.2) is 0 Å². The second-order valence-electron chi connectivity index (χ2n) is 7.91. The van der Waals surface area contributed by atoms with E-state index in [1.165, 1.54) is 11.3 Å². The summed E-state index contributed by atoms with van der Waals surface area (Å²) in [4.78, 5) is 0. The lowest BCUT2D eigenvalue weighted by molar-refractivity contribution is 0.0243. The second kappa shape index (κ2) is 8.63. The SMILES string of the molecule is CCOc1cc2c(cc1C)OC(C(O)CNCC1SSCC1(C)C)CC2. The van der Waals surface area contributed by atoms with Crippen molar-refractivity contribution in [2.75, 3.05) is 25.4 Å². The molecule has 146 valence electrons. The Bertz CT molecular complexity index is 623. The van der Waals surface area contributed by atoms with E-state index < -0.39 is 6.10 Å². The van der Waals surface area contributed by atoms with Crippen LogP contribution in [0.2, 0.25) is 0 Å². The van der Waals surface area contributed by atoms with Crippen molar-refractivity contribution in [1.82, 2.24) is 5.32 Å². The normalized spacial score (nSPS) is 25.4. The number of aliphatic hydroxyl groups is 1. The minimum absolute atomic E-state index is 0.147. The molecular formula is C20H31NO3S2. The lowest BCUT2D eigenvalue weighted by atomic mass is 9.91. The summed E-state index contributed by atoms with van der Waals surface area (Å²) >= 11 is 0. The van der Waals surface area contributed by atoms with Gasteiger partial charge in [0.1, 0.15) is 23.7 Å². The van der Waals surface area contributed by atoms with Crippen molar-refractivity contribution in [1.29, 1.82) is 0 Å². The highest BCUT2D eigenvalue weighted by Gasteiger charge is 2.36. The van der Waals surface area contributed by atoms with E-state index in [0.29, 0.717) is 23.8 Å². The van der Waals surface area contributed by atoms with E-state index in [1.54, 1.807) is 0 Å². The van der Waals surface area contributed by atoms with Crippen LogP contribution in [0, 0.1) is 12.3 Å². The summed E-state index contributed by atoms with van der Waals surface area (Å²) in [6.07, 6.45) is 1.12. The van der Waals surface area contributed by atoms with Gasteiger partial charge in [0.25, 0.3) is 0 Å². The van der Waals surface area contributed by atoms with Crippen LogP contribution in [0.3, 0.4) is 0 Å². The van der Waals surface area contributed by atoms with Crippen LogP contribution in [0.15, 0.2) is 12.1 Å². The Morgan fingerprint density at radius 3 is 2.92 bits per heavy atom. The number of benzene rings is 1. The number of rotatable bonds is 7. The highest BCUT2D eigenvalue weighted by Crippen LogP contribution is 2.48. The monoisotopic (exact) mass is 397 g/mol. The maximum Gasteiger partial charge on any atom is 0.126 e. The van der Waals surface area contributed by atoms with E-state index >= 15 is 0 Å². The Morgan fingerprint density at radius 2 is 2.23 bits per heavy atom. The average molecular weight is 398 g/mol. The van der Waals surface area contributed by atoms with Crippen molar-refractivity contribution >= 4 is 21.6 Å². The zero-order valence-electron chi connectivity index (χ0n) is 16.2. The summed E-state index contributed by atoms with van der Waals surface area (Å²) in [6, 6.07) is 4.13. The number of hydrogen-bond acceptors (Lipinski definition) is 6. The second-order valence-corrected chi connectivity index (χ2v) is 10.5. The van der Waals surface area contributed by atoms with E-state index in [1.807, 2.05) is 41.5 Å². The predicted octanol–water partition coefficient (Wildman–Crippen LogP) is 3.83. The quantitative estimate of drug-likeness (QED) is 0.682. The van der Waals surface area contributed by atoms with Crippen molar-refractivity contribution in [2.24, 2.45) is 5.41 Å². The summed E-state index contributed by atoms with van der Waals surface area (Å²) < 4.78 is 11.8. The van der Waals surface area contributed by atoms with Gasteiger partial charge in [-0.05, 0) is 55.4 Å². The fourth-order valence-electron chi connectivity index (χ4n) is 3.41. The highest BCUT2D eigenvalue weighted by molar-refractivity contribution is 8.77. The number of ether oxygens (including phenoxy) is 2. The maximum atomic E-state index is 10.6. The average Bonchev–Trinajstić information content (AvgIpc) is 2.94. The smallest absolute Gasteiger partial charge is 0.126 e. The Hall–Kier alpha value is -0.560. The van der Waals surface area contributed by atoms with Crippen molar-refractivity contribution in [3.8, 4) is 11.5 Å². The summed E-state index contributed by atoms with van der Waals surface area (Å²) in [5, 5.41) is 14.6. The van der Waals surface area contributed by atoms with E-state index in [4.69, 9.17) is 9.47 Å². The van der Waals surface area contributed by atoms with Gasteiger partial charge < -0.3 is 19.9 Å². The first kappa shape index (κ1) is 20.2. The molecular weight excluding hydrogens is 366 g/mol. The van der Waals surface area contributed by atoms with Crippen LogP contribution in [-0.2, 0) is 6.42 Å². The molecule has 4 nitrogen and oxygen atoms in total. The number of aryl methyl sites for hydroxylation is 2. The molecule has 3 unspecified atom stereocenters. The molecule has 0 aliphatic carbocycles. The molecule has 1 aromatic rings. The van der Waals surface area contributed by atoms with Crippen molar-refractivity contribution in [2.45, 2.75) is 58.0 Å². The molecule has 2 aliphatic heterocycles. The Balaban J connectivity index is 1.52. The third-order valence-corrected chi connectivity index (χ3v) is 8.73. The van der Waals surface area contributed by atoms with Crippen molar-refractivity contribution in [3.63, 3.8) is 0 Å². The molecule has 1 saturated heterocycles. The number of hydrogen-bond donors (Lipinski definition) is 2. The first-order valence-electron chi connectivity index (χ1n) is 9.50. The van der Waals surface area contributed by atoms with E-state index in [0.717, 1.165) is 36.4 Å². The van der Waals surface area contributed by atoms with Crippen molar-refractivity contribution in [3.05, 3.63) is 23.3 Å². The topological polar surface area (TPSA) is 50.7 Å². The molecule has 6 heteroatoms. The van der Waals surface area contributed by atoms with Gasteiger partial charge in [-0.2, -0.15) is 0 Å². The molecule has 2 aliphatic rings. The van der Waals surface area contributed by atoms with E-state index in [9.17, 15) is 5.11 Å². The molecule has 0 bridgehead atoms. The van der Waals surface area contributed by atoms with Crippen LogP contribution in [0.4, 0.5) is 0 Å². The molecule has 0 radical (unpaired) electrons. The van der Waals surface area contributed by atoms with Gasteiger partial charge in [-0.1, -0.05) is 35.4 Å². The molecule has 3 rings (SSSR count). The fourth-order valence-corrected chi connectivity index (χ4v) is 7.37. The molecule has 0 spiro atoms. The van der Waals surface area contributed by atoms with Gasteiger partial charge >= 0.3 is 0 Å². The van der Waals surface area contributed by atoms with Crippen LogP contribution in [0.25, 0.3) is 0 Å². The van der Waals surface area contributed by atoms with E-state index in [-0.39, 0.29) is 6.10 Å². The van der Waals surface area contributed by atoms with Crippen LogP contribution in [0.5, 0.6) is 11.5 Å². The number of nitrogens with one attached hydrogen (secondary N) is 1. The molecule has 2 N–H and O–H groups in total. The van der Waals surface area contributed by atoms with Gasteiger partial charge in [-0.3, -0.25) is 0 Å². The van der Waals surface area contributed by atoms with Crippen LogP contribution in [0.1, 0.15) is 38.3 Å². The summed E-state index contributed by atoms with van der Waals surface area (Å²) in [5.74, 6) is 3.02. The Morgan fingerprint density at radius 1 is 1.42 bits per heavy atom. The lowest BCUT2D eigenvalue weighted by Crippen LogP contribution is -2.44. The van der Waals surface area contributed by atoms with Crippen LogP contribution < -0.4 is 14.8 Å². The first-order valence-corrected chi connectivity index (χ1v) is 11.9. The van der Waals surface area contributed by atoms with Gasteiger partial charge in [0.2, 0.25) is 0 Å². The zero-order valence-corrected chi connectivity index (χ0v) is 17.8. The third-order valence-electron chi connectivity index (χ3n) is 5.23. The van der Waals surface area contributed by atoms with Crippen LogP contribution >= 0.6 is 21.6 Å². The molecule has 0 aromatic heterocycles. The number of aliphatic hydroxyl groups excluding tert-OH is 1. The Kier molecular flexibility index (Phi) is 6.70. The van der Waals surface area contributed by atoms with Crippen LogP contribution in [-0.4, -0.2) is 48.0 Å².